The van der Waals surface area contributed by atoms with Crippen LogP contribution in [0.4, 0.5) is 18.3 Å². The number of benzene rings is 1. The van der Waals surface area contributed by atoms with E-state index in [1.165, 1.54) is 6.07 Å². The van der Waals surface area contributed by atoms with Crippen LogP contribution < -0.4 is 10.6 Å². The molecule has 0 atom stereocenters. The van der Waals surface area contributed by atoms with Crippen molar-refractivity contribution in [3.63, 3.8) is 0 Å². The van der Waals surface area contributed by atoms with Gasteiger partial charge in [-0.15, -0.1) is 0 Å². The molecule has 0 saturated carbocycles. The van der Waals surface area contributed by atoms with Gasteiger partial charge in [0.05, 0.1) is 15.8 Å². The molecular formula is C10H8F3N3S2. The smallest absolute Gasteiger partial charge is 0.365 e. The van der Waals surface area contributed by atoms with Crippen LogP contribution in [-0.4, -0.2) is 17.1 Å². The lowest BCUT2D eigenvalue weighted by Crippen LogP contribution is -2.23. The van der Waals surface area contributed by atoms with Gasteiger partial charge in [0.25, 0.3) is 0 Å². The molecule has 2 N–H and O–H groups in total. The molecule has 18 heavy (non-hydrogen) atoms. The number of fused-ring (bicyclic) bond motifs is 1. The van der Waals surface area contributed by atoms with Gasteiger partial charge in [-0.1, -0.05) is 11.3 Å². The first kappa shape index (κ1) is 13.0. The second kappa shape index (κ2) is 4.69. The fraction of sp³-hybridized carbons (Fsp3) is 0.200. The lowest BCUT2D eigenvalue weighted by molar-refractivity contribution is -0.137. The molecule has 0 fully saturated rings. The average molecular weight is 291 g/mol. The summed E-state index contributed by atoms with van der Waals surface area (Å²) in [6, 6.07) is 3.45. The highest BCUT2D eigenvalue weighted by molar-refractivity contribution is 7.80. The first-order valence-corrected chi connectivity index (χ1v) is 6.09. The van der Waals surface area contributed by atoms with Crippen molar-refractivity contribution >= 4 is 44.0 Å². The third kappa shape index (κ3) is 2.70. The molecule has 2 rings (SSSR count). The van der Waals surface area contributed by atoms with E-state index >= 15 is 0 Å². The van der Waals surface area contributed by atoms with E-state index in [1.807, 2.05) is 0 Å². The summed E-state index contributed by atoms with van der Waals surface area (Å²) in [6.45, 7) is 0. The quantitative estimate of drug-likeness (QED) is 0.791. The molecule has 0 aliphatic carbocycles. The number of alkyl halides is 3. The number of nitrogens with zero attached hydrogens (tertiary/aromatic N) is 1. The second-order valence-corrected chi connectivity index (χ2v) is 4.84. The normalized spacial score (nSPS) is 11.6. The lowest BCUT2D eigenvalue weighted by atomic mass is 10.2. The maximum absolute atomic E-state index is 12.5. The molecule has 1 heterocycles. The first-order chi connectivity index (χ1) is 8.40. The van der Waals surface area contributed by atoms with E-state index in [4.69, 9.17) is 12.2 Å². The zero-order valence-corrected chi connectivity index (χ0v) is 10.8. The van der Waals surface area contributed by atoms with Gasteiger partial charge in [-0.25, -0.2) is 4.98 Å². The zero-order valence-electron chi connectivity index (χ0n) is 9.13. The molecule has 2 aromatic rings. The van der Waals surface area contributed by atoms with Crippen molar-refractivity contribution in [1.82, 2.24) is 10.3 Å². The van der Waals surface area contributed by atoms with Crippen LogP contribution in [0.1, 0.15) is 5.56 Å². The SMILES string of the molecule is CNC(=S)Nc1nc2ccc(C(F)(F)F)cc2s1. The summed E-state index contributed by atoms with van der Waals surface area (Å²) >= 11 is 6.01. The van der Waals surface area contributed by atoms with Crippen molar-refractivity contribution in [2.45, 2.75) is 6.18 Å². The van der Waals surface area contributed by atoms with E-state index in [1.54, 1.807) is 7.05 Å². The van der Waals surface area contributed by atoms with E-state index in [-0.39, 0.29) is 0 Å². The summed E-state index contributed by atoms with van der Waals surface area (Å²) in [4.78, 5) is 4.14. The van der Waals surface area contributed by atoms with Gasteiger partial charge in [-0.2, -0.15) is 13.2 Å². The third-order valence-electron chi connectivity index (χ3n) is 2.16. The van der Waals surface area contributed by atoms with Crippen molar-refractivity contribution in [3.05, 3.63) is 23.8 Å². The van der Waals surface area contributed by atoms with Crippen molar-refractivity contribution in [3.8, 4) is 0 Å². The summed E-state index contributed by atoms with van der Waals surface area (Å²) in [5.74, 6) is 0. The Bertz CT molecular complexity index is 592. The minimum absolute atomic E-state index is 0.366. The molecule has 0 aliphatic heterocycles. The van der Waals surface area contributed by atoms with E-state index in [0.29, 0.717) is 20.5 Å². The summed E-state index contributed by atoms with van der Waals surface area (Å²) in [5, 5.41) is 6.31. The van der Waals surface area contributed by atoms with E-state index in [9.17, 15) is 13.2 Å². The number of halogens is 3. The summed E-state index contributed by atoms with van der Waals surface area (Å²) in [5.41, 5.74) is -0.171. The molecule has 3 nitrogen and oxygen atoms in total. The highest BCUT2D eigenvalue weighted by Gasteiger charge is 2.30. The lowest BCUT2D eigenvalue weighted by Gasteiger charge is -2.04. The topological polar surface area (TPSA) is 37.0 Å². The van der Waals surface area contributed by atoms with Gasteiger partial charge in [0, 0.05) is 7.05 Å². The van der Waals surface area contributed by atoms with Crippen LogP contribution in [-0.2, 0) is 6.18 Å². The number of rotatable bonds is 1. The van der Waals surface area contributed by atoms with Gasteiger partial charge < -0.3 is 10.6 Å². The molecule has 0 spiro atoms. The molecule has 0 radical (unpaired) electrons. The summed E-state index contributed by atoms with van der Waals surface area (Å²) in [6.07, 6.45) is -4.34. The molecule has 0 bridgehead atoms. The van der Waals surface area contributed by atoms with Gasteiger partial charge in [0.1, 0.15) is 0 Å². The fourth-order valence-corrected chi connectivity index (χ4v) is 2.38. The fourth-order valence-electron chi connectivity index (χ4n) is 1.31. The van der Waals surface area contributed by atoms with E-state index in [2.05, 4.69) is 15.6 Å². The van der Waals surface area contributed by atoms with Crippen molar-refractivity contribution in [2.24, 2.45) is 0 Å². The highest BCUT2D eigenvalue weighted by Crippen LogP contribution is 2.34. The third-order valence-corrected chi connectivity index (χ3v) is 3.40. The van der Waals surface area contributed by atoms with Crippen LogP contribution in [0.15, 0.2) is 18.2 Å². The van der Waals surface area contributed by atoms with Gasteiger partial charge in [-0.3, -0.25) is 0 Å². The Hall–Kier alpha value is -1.41. The molecule has 1 aromatic carbocycles. The predicted octanol–water partition coefficient (Wildman–Crippen LogP) is 3.23. The number of hydrogen-bond acceptors (Lipinski definition) is 3. The number of hydrogen-bond donors (Lipinski definition) is 2. The van der Waals surface area contributed by atoms with Crippen molar-refractivity contribution in [1.29, 1.82) is 0 Å². The number of nitrogens with one attached hydrogen (secondary N) is 2. The monoisotopic (exact) mass is 291 g/mol. The molecular weight excluding hydrogens is 283 g/mol. The van der Waals surface area contributed by atoms with Gasteiger partial charge in [0.15, 0.2) is 10.2 Å². The van der Waals surface area contributed by atoms with Crippen LogP contribution >= 0.6 is 23.6 Å². The van der Waals surface area contributed by atoms with Gasteiger partial charge in [-0.05, 0) is 30.4 Å². The van der Waals surface area contributed by atoms with Crippen LogP contribution in [0.2, 0.25) is 0 Å². The summed E-state index contributed by atoms with van der Waals surface area (Å²) in [7, 11) is 1.64. The Balaban J connectivity index is 2.37. The van der Waals surface area contributed by atoms with E-state index in [0.717, 1.165) is 23.5 Å². The average Bonchev–Trinajstić information content (AvgIpc) is 2.68. The summed E-state index contributed by atoms with van der Waals surface area (Å²) < 4.78 is 38.0. The Morgan fingerprint density at radius 2 is 2.11 bits per heavy atom. The minimum Gasteiger partial charge on any atom is -0.365 e. The number of anilines is 1. The largest absolute Gasteiger partial charge is 0.416 e. The zero-order chi connectivity index (χ0) is 13.3. The molecule has 0 amide bonds. The second-order valence-electron chi connectivity index (χ2n) is 3.40. The van der Waals surface area contributed by atoms with E-state index < -0.39 is 11.7 Å². The minimum atomic E-state index is -4.34. The molecule has 8 heteroatoms. The van der Waals surface area contributed by atoms with Crippen LogP contribution in [0.25, 0.3) is 10.2 Å². The Morgan fingerprint density at radius 3 is 2.72 bits per heavy atom. The van der Waals surface area contributed by atoms with Crippen LogP contribution in [0.5, 0.6) is 0 Å². The number of thiocarbonyl (C=S) groups is 1. The van der Waals surface area contributed by atoms with Gasteiger partial charge in [0.2, 0.25) is 0 Å². The maximum atomic E-state index is 12.5. The molecule has 1 aromatic heterocycles. The van der Waals surface area contributed by atoms with Crippen LogP contribution in [0, 0.1) is 0 Å². The maximum Gasteiger partial charge on any atom is 0.416 e. The molecule has 96 valence electrons. The standard InChI is InChI=1S/C10H8F3N3S2/c1-14-8(17)16-9-15-6-3-2-5(10(11,12)13)4-7(6)18-9/h2-4H,1H3,(H2,14,15,16,17). The predicted molar refractivity (Wildman–Crippen MR) is 69.9 cm³/mol. The Labute approximate surface area is 110 Å². The van der Waals surface area contributed by atoms with Gasteiger partial charge >= 0.3 is 6.18 Å². The molecule has 0 saturated heterocycles. The first-order valence-electron chi connectivity index (χ1n) is 4.86. The Kier molecular flexibility index (Phi) is 3.40. The molecule has 0 aliphatic rings. The van der Waals surface area contributed by atoms with Crippen LogP contribution in [0.3, 0.4) is 0 Å². The highest BCUT2D eigenvalue weighted by atomic mass is 32.1. The number of aromatic nitrogens is 1. The van der Waals surface area contributed by atoms with Crippen molar-refractivity contribution in [2.75, 3.05) is 12.4 Å². The molecule has 0 unspecified atom stereocenters. The number of thiazole rings is 1. The Morgan fingerprint density at radius 1 is 1.39 bits per heavy atom. The van der Waals surface area contributed by atoms with Crippen molar-refractivity contribution < 1.29 is 13.2 Å².